The van der Waals surface area contributed by atoms with E-state index >= 15 is 0 Å². The molecule has 0 aromatic heterocycles. The lowest BCUT2D eigenvalue weighted by Crippen LogP contribution is -1.99. The minimum absolute atomic E-state index is 0.00731. The fraction of sp³-hybridized carbons (Fsp3) is 0. The largest absolute Gasteiger partial charge is 0.275 e. The Bertz CT molecular complexity index is 340. The predicted octanol–water partition coefficient (Wildman–Crippen LogP) is 3.11. The maximum atomic E-state index is 12.9. The third-order valence-electron chi connectivity index (χ3n) is 1.24. The summed E-state index contributed by atoms with van der Waals surface area (Å²) in [6.45, 7) is 0. The van der Waals surface area contributed by atoms with Crippen LogP contribution in [0, 0.1) is 11.6 Å². The van der Waals surface area contributed by atoms with E-state index in [4.69, 9.17) is 11.6 Å². The second kappa shape index (κ2) is 3.49. The van der Waals surface area contributed by atoms with E-state index in [0.717, 1.165) is 12.1 Å². The Hall–Kier alpha value is -0.480. The first-order valence-corrected chi connectivity index (χ1v) is 4.04. The van der Waals surface area contributed by atoms with Crippen molar-refractivity contribution >= 4 is 32.8 Å². The van der Waals surface area contributed by atoms with Crippen molar-refractivity contribution in [2.45, 2.75) is 0 Å². The maximum absolute atomic E-state index is 12.9. The summed E-state index contributed by atoms with van der Waals surface area (Å²) >= 11 is 7.74. The second-order valence-electron chi connectivity index (χ2n) is 1.99. The normalized spacial score (nSPS) is 10.0. The Labute approximate surface area is 80.5 Å². The molecule has 0 aliphatic rings. The van der Waals surface area contributed by atoms with E-state index in [2.05, 4.69) is 15.9 Å². The van der Waals surface area contributed by atoms with Crippen molar-refractivity contribution in [3.05, 3.63) is 33.8 Å². The van der Waals surface area contributed by atoms with Gasteiger partial charge in [-0.05, 0) is 39.7 Å². The summed E-state index contributed by atoms with van der Waals surface area (Å²) in [5.74, 6) is -1.94. The molecule has 1 aromatic carbocycles. The fourth-order valence-electron chi connectivity index (χ4n) is 0.707. The standard InChI is InChI=1S/C7H2BrClF2O/c8-3-1-2-4(10)5(6(3)11)7(9)12/h1-2H. The number of carbonyl (C=O) groups is 1. The van der Waals surface area contributed by atoms with Gasteiger partial charge in [-0.15, -0.1) is 0 Å². The third-order valence-corrected chi connectivity index (χ3v) is 2.04. The van der Waals surface area contributed by atoms with Crippen molar-refractivity contribution in [1.29, 1.82) is 0 Å². The Kier molecular flexibility index (Phi) is 2.80. The Morgan fingerprint density at radius 2 is 2.00 bits per heavy atom. The van der Waals surface area contributed by atoms with Crippen LogP contribution in [0.2, 0.25) is 0 Å². The van der Waals surface area contributed by atoms with Crippen LogP contribution in [0.1, 0.15) is 10.4 Å². The van der Waals surface area contributed by atoms with E-state index in [1.165, 1.54) is 0 Å². The molecule has 0 unspecified atom stereocenters. The van der Waals surface area contributed by atoms with Crippen LogP contribution < -0.4 is 0 Å². The summed E-state index contributed by atoms with van der Waals surface area (Å²) < 4.78 is 25.6. The molecule has 0 saturated heterocycles. The molecule has 1 aromatic rings. The monoisotopic (exact) mass is 254 g/mol. The SMILES string of the molecule is O=C(Cl)c1c(F)ccc(Br)c1F. The summed E-state index contributed by atoms with van der Waals surface area (Å²) in [6, 6.07) is 2.12. The first-order chi connectivity index (χ1) is 5.54. The zero-order valence-corrected chi connectivity index (χ0v) is 7.92. The van der Waals surface area contributed by atoms with Gasteiger partial charge in [0.05, 0.1) is 4.47 Å². The van der Waals surface area contributed by atoms with E-state index in [9.17, 15) is 13.6 Å². The Morgan fingerprint density at radius 1 is 1.42 bits per heavy atom. The summed E-state index contributed by atoms with van der Waals surface area (Å²) in [7, 11) is 0. The zero-order chi connectivity index (χ0) is 9.30. The summed E-state index contributed by atoms with van der Waals surface area (Å²) in [4.78, 5) is 10.5. The lowest BCUT2D eigenvalue weighted by atomic mass is 10.2. The smallest absolute Gasteiger partial charge is 0.258 e. The van der Waals surface area contributed by atoms with E-state index < -0.39 is 22.4 Å². The topological polar surface area (TPSA) is 17.1 Å². The molecule has 0 heterocycles. The molecular formula is C7H2BrClF2O. The van der Waals surface area contributed by atoms with Crippen LogP contribution in [-0.4, -0.2) is 5.24 Å². The van der Waals surface area contributed by atoms with Gasteiger partial charge < -0.3 is 0 Å². The average Bonchev–Trinajstić information content (AvgIpc) is 1.97. The van der Waals surface area contributed by atoms with Gasteiger partial charge in [0.1, 0.15) is 11.4 Å². The Balaban J connectivity index is 3.43. The molecule has 0 atom stereocenters. The summed E-state index contributed by atoms with van der Waals surface area (Å²) in [5.41, 5.74) is -0.731. The van der Waals surface area contributed by atoms with E-state index in [1.807, 2.05) is 0 Å². The van der Waals surface area contributed by atoms with Gasteiger partial charge in [-0.3, -0.25) is 4.79 Å². The van der Waals surface area contributed by atoms with Crippen molar-refractivity contribution in [3.8, 4) is 0 Å². The van der Waals surface area contributed by atoms with Gasteiger partial charge in [-0.25, -0.2) is 8.78 Å². The highest BCUT2D eigenvalue weighted by Crippen LogP contribution is 2.22. The van der Waals surface area contributed by atoms with Crippen LogP contribution in [-0.2, 0) is 0 Å². The van der Waals surface area contributed by atoms with Crippen LogP contribution in [0.25, 0.3) is 0 Å². The van der Waals surface area contributed by atoms with Crippen molar-refractivity contribution in [2.75, 3.05) is 0 Å². The maximum Gasteiger partial charge on any atom is 0.258 e. The van der Waals surface area contributed by atoms with Crippen LogP contribution in [0.3, 0.4) is 0 Å². The zero-order valence-electron chi connectivity index (χ0n) is 5.57. The number of hydrogen-bond donors (Lipinski definition) is 0. The summed E-state index contributed by atoms with van der Waals surface area (Å²) in [6.07, 6.45) is 0. The molecule has 0 fully saturated rings. The molecule has 0 bridgehead atoms. The van der Waals surface area contributed by atoms with Crippen LogP contribution >= 0.6 is 27.5 Å². The van der Waals surface area contributed by atoms with E-state index in [1.54, 1.807) is 0 Å². The molecule has 0 spiro atoms. The molecule has 0 aliphatic heterocycles. The minimum atomic E-state index is -1.15. The van der Waals surface area contributed by atoms with Gasteiger partial charge >= 0.3 is 0 Å². The number of benzene rings is 1. The molecule has 0 amide bonds. The number of carbonyl (C=O) groups excluding carboxylic acids is 1. The minimum Gasteiger partial charge on any atom is -0.275 e. The quantitative estimate of drug-likeness (QED) is 0.557. The van der Waals surface area contributed by atoms with Gasteiger partial charge in [0.2, 0.25) is 0 Å². The average molecular weight is 255 g/mol. The van der Waals surface area contributed by atoms with Gasteiger partial charge in [-0.1, -0.05) is 0 Å². The van der Waals surface area contributed by atoms with E-state index in [0.29, 0.717) is 0 Å². The highest BCUT2D eigenvalue weighted by molar-refractivity contribution is 9.10. The molecule has 0 radical (unpaired) electrons. The molecular weight excluding hydrogens is 253 g/mol. The molecule has 0 aliphatic carbocycles. The van der Waals surface area contributed by atoms with Crippen molar-refractivity contribution < 1.29 is 13.6 Å². The second-order valence-corrected chi connectivity index (χ2v) is 3.19. The first kappa shape index (κ1) is 9.61. The summed E-state index contributed by atoms with van der Waals surface area (Å²) in [5, 5.41) is -1.15. The molecule has 1 nitrogen and oxygen atoms in total. The van der Waals surface area contributed by atoms with Crippen LogP contribution in [0.4, 0.5) is 8.78 Å². The van der Waals surface area contributed by atoms with Gasteiger partial charge in [-0.2, -0.15) is 0 Å². The van der Waals surface area contributed by atoms with E-state index in [-0.39, 0.29) is 4.47 Å². The first-order valence-electron chi connectivity index (χ1n) is 2.87. The molecule has 5 heteroatoms. The predicted molar refractivity (Wildman–Crippen MR) is 44.2 cm³/mol. The van der Waals surface area contributed by atoms with Crippen LogP contribution in [0.5, 0.6) is 0 Å². The Morgan fingerprint density at radius 3 is 2.42 bits per heavy atom. The molecule has 12 heavy (non-hydrogen) atoms. The number of rotatable bonds is 1. The fourth-order valence-corrected chi connectivity index (χ4v) is 1.21. The highest BCUT2D eigenvalue weighted by Gasteiger charge is 2.17. The molecule has 64 valence electrons. The van der Waals surface area contributed by atoms with Crippen molar-refractivity contribution in [3.63, 3.8) is 0 Å². The van der Waals surface area contributed by atoms with Gasteiger partial charge in [0, 0.05) is 0 Å². The van der Waals surface area contributed by atoms with Crippen LogP contribution in [0.15, 0.2) is 16.6 Å². The third kappa shape index (κ3) is 1.64. The van der Waals surface area contributed by atoms with Crippen molar-refractivity contribution in [1.82, 2.24) is 0 Å². The molecule has 0 N–H and O–H groups in total. The molecule has 0 saturated carbocycles. The van der Waals surface area contributed by atoms with Gasteiger partial charge in [0.15, 0.2) is 5.82 Å². The van der Waals surface area contributed by atoms with Gasteiger partial charge in [0.25, 0.3) is 5.24 Å². The number of hydrogen-bond acceptors (Lipinski definition) is 1. The molecule has 1 rings (SSSR count). The lowest BCUT2D eigenvalue weighted by molar-refractivity contribution is 0.107. The highest BCUT2D eigenvalue weighted by atomic mass is 79.9. The number of halogens is 4. The van der Waals surface area contributed by atoms with Crippen molar-refractivity contribution in [2.24, 2.45) is 0 Å². The lowest BCUT2D eigenvalue weighted by Gasteiger charge is -2.00.